The summed E-state index contributed by atoms with van der Waals surface area (Å²) in [4.78, 5) is 1.52. The number of benzene rings is 2. The fourth-order valence-corrected chi connectivity index (χ4v) is 3.51. The van der Waals surface area contributed by atoms with E-state index in [9.17, 15) is 0 Å². The van der Waals surface area contributed by atoms with E-state index in [0.717, 1.165) is 45.1 Å². The largest absolute Gasteiger partial charge is 0.497 e. The molecule has 0 aliphatic carbocycles. The predicted molar refractivity (Wildman–Crippen MR) is 111 cm³/mol. The molecular weight excluding hydrogens is 358 g/mol. The van der Waals surface area contributed by atoms with Crippen LogP contribution in [0.25, 0.3) is 0 Å². The molecule has 1 aliphatic rings. The Labute approximate surface area is 166 Å². The van der Waals surface area contributed by atoms with Gasteiger partial charge in [0.05, 0.1) is 26.9 Å². The van der Waals surface area contributed by atoms with E-state index in [4.69, 9.17) is 21.7 Å². The van der Waals surface area contributed by atoms with Gasteiger partial charge in [0.15, 0.2) is 5.11 Å². The molecule has 144 valence electrons. The molecule has 3 rings (SSSR count). The zero-order valence-electron chi connectivity index (χ0n) is 15.7. The van der Waals surface area contributed by atoms with Crippen molar-refractivity contribution >= 4 is 17.3 Å². The smallest absolute Gasteiger partial charge is 0.166 e. The highest BCUT2D eigenvalue weighted by molar-refractivity contribution is 7.80. The van der Waals surface area contributed by atoms with Gasteiger partial charge in [0, 0.05) is 12.1 Å². The van der Waals surface area contributed by atoms with Gasteiger partial charge in [-0.2, -0.15) is 0 Å². The summed E-state index contributed by atoms with van der Waals surface area (Å²) in [6.07, 6.45) is 0. The quantitative estimate of drug-likeness (QED) is 0.627. The zero-order chi connectivity index (χ0) is 18.9. The molecule has 1 atom stereocenters. The molecule has 1 heterocycles. The second-order valence-corrected chi connectivity index (χ2v) is 7.05. The third-order valence-corrected chi connectivity index (χ3v) is 5.20. The van der Waals surface area contributed by atoms with Crippen molar-refractivity contribution in [2.45, 2.75) is 12.6 Å². The Morgan fingerprint density at radius 1 is 1.07 bits per heavy atom. The maximum Gasteiger partial charge on any atom is 0.166 e. The van der Waals surface area contributed by atoms with Gasteiger partial charge >= 0.3 is 0 Å². The van der Waals surface area contributed by atoms with Crippen molar-refractivity contribution < 1.29 is 14.4 Å². The number of nitrogens with one attached hydrogen (secondary N) is 3. The average molecular weight is 387 g/mol. The van der Waals surface area contributed by atoms with Crippen LogP contribution in [0.5, 0.6) is 5.75 Å². The van der Waals surface area contributed by atoms with Crippen LogP contribution in [0.4, 0.5) is 0 Å². The summed E-state index contributed by atoms with van der Waals surface area (Å²) >= 11 is 5.49. The van der Waals surface area contributed by atoms with Gasteiger partial charge in [-0.15, -0.1) is 0 Å². The molecule has 0 amide bonds. The minimum absolute atomic E-state index is 0.316. The Bertz CT molecular complexity index is 703. The SMILES string of the molecule is COc1ccc([C@@H](CNC(=S)NCc2ccccc2)[NH+]2CCOCC2)cc1. The lowest BCUT2D eigenvalue weighted by atomic mass is 10.0. The second kappa shape index (κ2) is 10.3. The Kier molecular flexibility index (Phi) is 7.45. The number of quaternary nitrogens is 1. The highest BCUT2D eigenvalue weighted by Gasteiger charge is 2.26. The molecule has 0 spiro atoms. The highest BCUT2D eigenvalue weighted by atomic mass is 32.1. The third-order valence-electron chi connectivity index (χ3n) is 4.91. The van der Waals surface area contributed by atoms with Crippen LogP contribution in [0.15, 0.2) is 54.6 Å². The lowest BCUT2D eigenvalue weighted by molar-refractivity contribution is -0.937. The first-order chi connectivity index (χ1) is 13.3. The Hall–Kier alpha value is -2.15. The number of hydrogen-bond acceptors (Lipinski definition) is 3. The number of hydrogen-bond donors (Lipinski definition) is 3. The number of ether oxygens (including phenoxy) is 2. The lowest BCUT2D eigenvalue weighted by Crippen LogP contribution is -3.15. The average Bonchev–Trinajstić information content (AvgIpc) is 2.74. The first kappa shape index (κ1) is 19.6. The van der Waals surface area contributed by atoms with E-state index in [1.54, 1.807) is 7.11 Å². The van der Waals surface area contributed by atoms with Crippen molar-refractivity contribution in [2.75, 3.05) is 40.0 Å². The van der Waals surface area contributed by atoms with E-state index in [0.29, 0.717) is 11.2 Å². The van der Waals surface area contributed by atoms with Crippen LogP contribution in [-0.4, -0.2) is 45.1 Å². The van der Waals surface area contributed by atoms with E-state index in [1.165, 1.54) is 16.0 Å². The summed E-state index contributed by atoms with van der Waals surface area (Å²) < 4.78 is 10.8. The Balaban J connectivity index is 1.59. The minimum atomic E-state index is 0.316. The van der Waals surface area contributed by atoms with Gasteiger partial charge in [-0.1, -0.05) is 30.3 Å². The Morgan fingerprint density at radius 2 is 1.78 bits per heavy atom. The van der Waals surface area contributed by atoms with Crippen LogP contribution in [0, 0.1) is 0 Å². The summed E-state index contributed by atoms with van der Waals surface area (Å²) in [6, 6.07) is 18.9. The van der Waals surface area contributed by atoms with Crippen LogP contribution in [0.1, 0.15) is 17.2 Å². The normalized spacial score (nSPS) is 15.7. The Morgan fingerprint density at radius 3 is 2.44 bits per heavy atom. The van der Waals surface area contributed by atoms with E-state index in [-0.39, 0.29) is 0 Å². The first-order valence-electron chi connectivity index (χ1n) is 9.38. The number of methoxy groups -OCH3 is 1. The van der Waals surface area contributed by atoms with Crippen LogP contribution in [-0.2, 0) is 11.3 Å². The molecule has 3 N–H and O–H groups in total. The summed E-state index contributed by atoms with van der Waals surface area (Å²) in [5.74, 6) is 0.877. The monoisotopic (exact) mass is 386 g/mol. The fraction of sp³-hybridized carbons (Fsp3) is 0.381. The molecule has 2 aromatic rings. The minimum Gasteiger partial charge on any atom is -0.497 e. The standard InChI is InChI=1S/C21H27N3O2S/c1-25-19-9-7-18(8-10-19)20(24-11-13-26-14-12-24)16-23-21(27)22-15-17-5-3-2-4-6-17/h2-10,20H,11-16H2,1H3,(H2,22,23,27)/p+1/t20-/m1/s1. The van der Waals surface area contributed by atoms with Crippen LogP contribution in [0.2, 0.25) is 0 Å². The van der Waals surface area contributed by atoms with Crippen molar-refractivity contribution in [3.05, 3.63) is 65.7 Å². The van der Waals surface area contributed by atoms with E-state index >= 15 is 0 Å². The van der Waals surface area contributed by atoms with Crippen LogP contribution in [0.3, 0.4) is 0 Å². The van der Waals surface area contributed by atoms with E-state index < -0.39 is 0 Å². The van der Waals surface area contributed by atoms with Gasteiger partial charge in [-0.3, -0.25) is 0 Å². The number of thiocarbonyl (C=S) groups is 1. The summed E-state index contributed by atoms with van der Waals surface area (Å²) in [5.41, 5.74) is 2.50. The number of morpholine rings is 1. The van der Waals surface area contributed by atoms with Crippen molar-refractivity contribution in [1.82, 2.24) is 10.6 Å². The molecule has 1 aliphatic heterocycles. The van der Waals surface area contributed by atoms with Crippen molar-refractivity contribution in [2.24, 2.45) is 0 Å². The molecule has 0 aromatic heterocycles. The fourth-order valence-electron chi connectivity index (χ4n) is 3.35. The summed E-state index contributed by atoms with van der Waals surface area (Å²) in [7, 11) is 1.69. The summed E-state index contributed by atoms with van der Waals surface area (Å²) in [5, 5.41) is 7.38. The maximum atomic E-state index is 5.54. The number of rotatable bonds is 7. The summed E-state index contributed by atoms with van der Waals surface area (Å²) in [6.45, 7) is 5.12. The van der Waals surface area contributed by atoms with Gasteiger partial charge in [-0.05, 0) is 42.0 Å². The molecule has 0 saturated carbocycles. The molecule has 6 heteroatoms. The van der Waals surface area contributed by atoms with Gasteiger partial charge in [0.2, 0.25) is 0 Å². The predicted octanol–water partition coefficient (Wildman–Crippen LogP) is 1.32. The van der Waals surface area contributed by atoms with E-state index in [1.807, 2.05) is 30.3 Å². The first-order valence-corrected chi connectivity index (χ1v) is 9.79. The van der Waals surface area contributed by atoms with Crippen molar-refractivity contribution in [3.63, 3.8) is 0 Å². The topological polar surface area (TPSA) is 47.0 Å². The van der Waals surface area contributed by atoms with Gasteiger partial charge < -0.3 is 25.0 Å². The lowest BCUT2D eigenvalue weighted by Gasteiger charge is -2.32. The van der Waals surface area contributed by atoms with E-state index in [2.05, 4.69) is 34.9 Å². The van der Waals surface area contributed by atoms with Crippen molar-refractivity contribution in [3.8, 4) is 5.75 Å². The molecule has 0 radical (unpaired) electrons. The molecule has 0 bridgehead atoms. The molecule has 27 heavy (non-hydrogen) atoms. The van der Waals surface area contributed by atoms with Crippen LogP contribution >= 0.6 is 12.2 Å². The third kappa shape index (κ3) is 5.92. The van der Waals surface area contributed by atoms with Crippen LogP contribution < -0.4 is 20.3 Å². The molecule has 0 unspecified atom stereocenters. The molecule has 5 nitrogen and oxygen atoms in total. The van der Waals surface area contributed by atoms with Gasteiger partial charge in [0.1, 0.15) is 24.9 Å². The molecule has 1 fully saturated rings. The molecule has 1 saturated heterocycles. The molecule has 2 aromatic carbocycles. The van der Waals surface area contributed by atoms with Gasteiger partial charge in [-0.25, -0.2) is 0 Å². The highest BCUT2D eigenvalue weighted by Crippen LogP contribution is 2.16. The zero-order valence-corrected chi connectivity index (χ0v) is 16.6. The second-order valence-electron chi connectivity index (χ2n) is 6.65. The van der Waals surface area contributed by atoms with Crippen molar-refractivity contribution in [1.29, 1.82) is 0 Å². The van der Waals surface area contributed by atoms with Gasteiger partial charge in [0.25, 0.3) is 0 Å². The molecular formula is C21H28N3O2S+. The maximum absolute atomic E-state index is 5.54.